The molecule has 2 aromatic carbocycles. The first-order valence-corrected chi connectivity index (χ1v) is 7.62. The molecule has 3 rings (SSSR count). The molecule has 1 atom stereocenters. The average molecular weight is 378 g/mol. The number of halogens is 1. The van der Waals surface area contributed by atoms with E-state index in [0.29, 0.717) is 0 Å². The Morgan fingerprint density at radius 2 is 1.90 bits per heavy atom. The molecule has 0 aliphatic heterocycles. The Bertz CT molecular complexity index is 690. The van der Waals surface area contributed by atoms with Gasteiger partial charge < -0.3 is 9.73 Å². The first-order chi connectivity index (χ1) is 9.78. The zero-order chi connectivity index (χ0) is 13.9. The van der Waals surface area contributed by atoms with E-state index in [1.54, 1.807) is 0 Å². The molecule has 102 valence electrons. The minimum Gasteiger partial charge on any atom is -0.441 e. The van der Waals surface area contributed by atoms with E-state index in [4.69, 9.17) is 4.42 Å². The SMILES string of the molecule is CNC(Cc1nc2ccccc2o1)c1ccccc1I. The lowest BCUT2D eigenvalue weighted by molar-refractivity contribution is 0.473. The summed E-state index contributed by atoms with van der Waals surface area (Å²) < 4.78 is 7.06. The number of oxazole rings is 1. The largest absolute Gasteiger partial charge is 0.441 e. The van der Waals surface area contributed by atoms with Crippen LogP contribution in [-0.4, -0.2) is 12.0 Å². The van der Waals surface area contributed by atoms with Crippen LogP contribution in [0, 0.1) is 3.57 Å². The van der Waals surface area contributed by atoms with Gasteiger partial charge in [-0.3, -0.25) is 0 Å². The highest BCUT2D eigenvalue weighted by molar-refractivity contribution is 14.1. The molecule has 20 heavy (non-hydrogen) atoms. The molecule has 0 aliphatic rings. The van der Waals surface area contributed by atoms with Gasteiger partial charge in [0.15, 0.2) is 11.5 Å². The summed E-state index contributed by atoms with van der Waals surface area (Å²) in [6.45, 7) is 0. The number of hydrogen-bond donors (Lipinski definition) is 1. The van der Waals surface area contributed by atoms with E-state index in [1.807, 2.05) is 31.3 Å². The second-order valence-electron chi connectivity index (χ2n) is 4.64. The minimum absolute atomic E-state index is 0.205. The van der Waals surface area contributed by atoms with Crippen molar-refractivity contribution in [3.05, 3.63) is 63.6 Å². The number of hydrogen-bond acceptors (Lipinski definition) is 3. The molecule has 0 fully saturated rings. The second kappa shape index (κ2) is 5.93. The number of aromatic nitrogens is 1. The number of nitrogens with one attached hydrogen (secondary N) is 1. The van der Waals surface area contributed by atoms with Crippen LogP contribution in [0.15, 0.2) is 52.9 Å². The molecule has 0 saturated heterocycles. The molecule has 0 aliphatic carbocycles. The van der Waals surface area contributed by atoms with E-state index in [2.05, 4.69) is 57.2 Å². The standard InChI is InChI=1S/C16H15IN2O/c1-18-14(11-6-2-3-7-12(11)17)10-16-19-13-8-4-5-9-15(13)20-16/h2-9,14,18H,10H2,1H3. The van der Waals surface area contributed by atoms with Gasteiger partial charge in [0.2, 0.25) is 0 Å². The summed E-state index contributed by atoms with van der Waals surface area (Å²) in [4.78, 5) is 4.55. The number of rotatable bonds is 4. The molecule has 0 radical (unpaired) electrons. The summed E-state index contributed by atoms with van der Waals surface area (Å²) in [5, 5.41) is 3.35. The van der Waals surface area contributed by atoms with Crippen LogP contribution >= 0.6 is 22.6 Å². The van der Waals surface area contributed by atoms with Crippen LogP contribution in [0.2, 0.25) is 0 Å². The van der Waals surface area contributed by atoms with Crippen molar-refractivity contribution in [3.8, 4) is 0 Å². The fourth-order valence-electron chi connectivity index (χ4n) is 2.31. The predicted molar refractivity (Wildman–Crippen MR) is 88.7 cm³/mol. The van der Waals surface area contributed by atoms with Crippen molar-refractivity contribution in [2.45, 2.75) is 12.5 Å². The highest BCUT2D eigenvalue weighted by Gasteiger charge is 2.16. The third-order valence-corrected chi connectivity index (χ3v) is 4.33. The van der Waals surface area contributed by atoms with E-state index in [0.717, 1.165) is 23.4 Å². The van der Waals surface area contributed by atoms with Gasteiger partial charge in [-0.25, -0.2) is 4.98 Å². The van der Waals surface area contributed by atoms with Crippen molar-refractivity contribution in [3.63, 3.8) is 0 Å². The summed E-state index contributed by atoms with van der Waals surface area (Å²) in [6, 6.07) is 16.5. The van der Waals surface area contributed by atoms with Crippen LogP contribution in [0.1, 0.15) is 17.5 Å². The van der Waals surface area contributed by atoms with Crippen molar-refractivity contribution >= 4 is 33.7 Å². The molecule has 1 heterocycles. The van der Waals surface area contributed by atoms with Gasteiger partial charge >= 0.3 is 0 Å². The highest BCUT2D eigenvalue weighted by Crippen LogP contribution is 2.24. The Hall–Kier alpha value is -1.40. The topological polar surface area (TPSA) is 38.1 Å². The maximum absolute atomic E-state index is 5.81. The number of benzene rings is 2. The zero-order valence-electron chi connectivity index (χ0n) is 11.1. The van der Waals surface area contributed by atoms with Gasteiger partial charge in [-0.15, -0.1) is 0 Å². The van der Waals surface area contributed by atoms with Gasteiger partial charge in [0.05, 0.1) is 0 Å². The van der Waals surface area contributed by atoms with Gasteiger partial charge in [-0.1, -0.05) is 30.3 Å². The van der Waals surface area contributed by atoms with Gasteiger partial charge in [0.1, 0.15) is 5.52 Å². The fourth-order valence-corrected chi connectivity index (χ4v) is 3.07. The van der Waals surface area contributed by atoms with Gasteiger partial charge in [-0.2, -0.15) is 0 Å². The molecule has 3 aromatic rings. The maximum atomic E-state index is 5.81. The third-order valence-electron chi connectivity index (χ3n) is 3.35. The number of fused-ring (bicyclic) bond motifs is 1. The van der Waals surface area contributed by atoms with Crippen molar-refractivity contribution in [1.82, 2.24) is 10.3 Å². The molecule has 1 N–H and O–H groups in total. The molecule has 3 nitrogen and oxygen atoms in total. The van der Waals surface area contributed by atoms with Crippen molar-refractivity contribution in [2.75, 3.05) is 7.05 Å². The smallest absolute Gasteiger partial charge is 0.197 e. The molecule has 1 aromatic heterocycles. The Morgan fingerprint density at radius 3 is 2.65 bits per heavy atom. The van der Waals surface area contributed by atoms with E-state index in [-0.39, 0.29) is 6.04 Å². The van der Waals surface area contributed by atoms with Crippen molar-refractivity contribution in [1.29, 1.82) is 0 Å². The first-order valence-electron chi connectivity index (χ1n) is 6.54. The van der Waals surface area contributed by atoms with Crippen LogP contribution < -0.4 is 5.32 Å². The normalized spacial score (nSPS) is 12.7. The summed E-state index contributed by atoms with van der Waals surface area (Å²) in [5.41, 5.74) is 3.04. The first kappa shape index (κ1) is 13.6. The quantitative estimate of drug-likeness (QED) is 0.699. The van der Waals surface area contributed by atoms with E-state index in [9.17, 15) is 0 Å². The number of nitrogens with zero attached hydrogens (tertiary/aromatic N) is 1. The Labute approximate surface area is 131 Å². The van der Waals surface area contributed by atoms with Gasteiger partial charge in [0, 0.05) is 16.0 Å². The third kappa shape index (κ3) is 2.71. The van der Waals surface area contributed by atoms with Gasteiger partial charge in [0.25, 0.3) is 0 Å². The zero-order valence-corrected chi connectivity index (χ0v) is 13.3. The molecule has 4 heteroatoms. The Morgan fingerprint density at radius 1 is 1.15 bits per heavy atom. The summed E-state index contributed by atoms with van der Waals surface area (Å²) in [7, 11) is 1.97. The number of likely N-dealkylation sites (N-methyl/N-ethyl adjacent to an activating group) is 1. The lowest BCUT2D eigenvalue weighted by Gasteiger charge is -2.16. The summed E-state index contributed by atoms with van der Waals surface area (Å²) >= 11 is 2.36. The van der Waals surface area contributed by atoms with E-state index < -0.39 is 0 Å². The lowest BCUT2D eigenvalue weighted by atomic mass is 10.0. The van der Waals surface area contributed by atoms with Crippen LogP contribution in [-0.2, 0) is 6.42 Å². The molecule has 0 amide bonds. The fraction of sp³-hybridized carbons (Fsp3) is 0.188. The molecule has 0 saturated carbocycles. The Kier molecular flexibility index (Phi) is 4.03. The maximum Gasteiger partial charge on any atom is 0.197 e. The van der Waals surface area contributed by atoms with Crippen molar-refractivity contribution in [2.24, 2.45) is 0 Å². The highest BCUT2D eigenvalue weighted by atomic mass is 127. The van der Waals surface area contributed by atoms with E-state index in [1.165, 1.54) is 9.13 Å². The minimum atomic E-state index is 0.205. The van der Waals surface area contributed by atoms with Crippen LogP contribution in [0.4, 0.5) is 0 Å². The summed E-state index contributed by atoms with van der Waals surface area (Å²) in [6.07, 6.45) is 0.741. The monoisotopic (exact) mass is 378 g/mol. The van der Waals surface area contributed by atoms with Crippen LogP contribution in [0.5, 0.6) is 0 Å². The second-order valence-corrected chi connectivity index (χ2v) is 5.80. The van der Waals surface area contributed by atoms with Crippen LogP contribution in [0.25, 0.3) is 11.1 Å². The van der Waals surface area contributed by atoms with E-state index >= 15 is 0 Å². The average Bonchev–Trinajstić information content (AvgIpc) is 2.88. The lowest BCUT2D eigenvalue weighted by Crippen LogP contribution is -2.20. The van der Waals surface area contributed by atoms with Gasteiger partial charge in [-0.05, 0) is 53.4 Å². The predicted octanol–water partition coefficient (Wildman–Crippen LogP) is 3.94. The number of para-hydroxylation sites is 2. The molecular weight excluding hydrogens is 363 g/mol. The Balaban J connectivity index is 1.90. The summed E-state index contributed by atoms with van der Waals surface area (Å²) in [5.74, 6) is 0.769. The molecule has 1 unspecified atom stereocenters. The molecule has 0 bridgehead atoms. The van der Waals surface area contributed by atoms with Crippen molar-refractivity contribution < 1.29 is 4.42 Å². The molecule has 0 spiro atoms. The van der Waals surface area contributed by atoms with Crippen LogP contribution in [0.3, 0.4) is 0 Å². The molecular formula is C16H15IN2O.